The van der Waals surface area contributed by atoms with Crippen molar-refractivity contribution in [3.63, 3.8) is 0 Å². The van der Waals surface area contributed by atoms with E-state index in [2.05, 4.69) is 6.58 Å². The Labute approximate surface area is 81.4 Å². The Hall–Kier alpha value is -0.830. The summed E-state index contributed by atoms with van der Waals surface area (Å²) in [4.78, 5) is 12.9. The molecule has 0 aromatic carbocycles. The summed E-state index contributed by atoms with van der Waals surface area (Å²) >= 11 is 0. The number of ether oxygens (including phenoxy) is 1. The van der Waals surface area contributed by atoms with Gasteiger partial charge in [0, 0.05) is 5.57 Å². The molecule has 0 aliphatic rings. The van der Waals surface area contributed by atoms with E-state index in [0.717, 1.165) is 13.1 Å². The van der Waals surface area contributed by atoms with Gasteiger partial charge in [0.1, 0.15) is 6.73 Å². The summed E-state index contributed by atoms with van der Waals surface area (Å²) in [5.74, 6) is -0.318. The number of rotatable bonds is 5. The number of hydrogen-bond donors (Lipinski definition) is 0. The monoisotopic (exact) mass is 187 g/mol. The third kappa shape index (κ3) is 6.34. The molecule has 13 heavy (non-hydrogen) atoms. The number of carbonyl (C=O) groups is 1. The highest BCUT2D eigenvalue weighted by atomic mass is 16.5. The van der Waals surface area contributed by atoms with Crippen LogP contribution in [0.2, 0.25) is 0 Å². The first kappa shape index (κ1) is 14.7. The maximum atomic E-state index is 10.9. The lowest BCUT2D eigenvalue weighted by atomic mass is 10.4. The van der Waals surface area contributed by atoms with E-state index >= 15 is 0 Å². The van der Waals surface area contributed by atoms with Gasteiger partial charge in [-0.2, -0.15) is 0 Å². The highest BCUT2D eigenvalue weighted by molar-refractivity contribution is 5.86. The predicted octanol–water partition coefficient (Wildman–Crippen LogP) is 2.04. The van der Waals surface area contributed by atoms with E-state index in [9.17, 15) is 4.79 Å². The van der Waals surface area contributed by atoms with Crippen molar-refractivity contribution >= 4 is 5.97 Å². The van der Waals surface area contributed by atoms with Crippen LogP contribution < -0.4 is 0 Å². The second-order valence-electron chi connectivity index (χ2n) is 2.64. The minimum absolute atomic E-state index is 0. The quantitative estimate of drug-likeness (QED) is 0.375. The molecule has 0 bridgehead atoms. The van der Waals surface area contributed by atoms with Crippen molar-refractivity contribution < 1.29 is 9.53 Å². The summed E-state index contributed by atoms with van der Waals surface area (Å²) in [6.07, 6.45) is 0. The average molecular weight is 187 g/mol. The highest BCUT2D eigenvalue weighted by Crippen LogP contribution is 1.94. The van der Waals surface area contributed by atoms with E-state index < -0.39 is 0 Å². The maximum Gasteiger partial charge on any atom is 0.334 e. The fourth-order valence-electron chi connectivity index (χ4n) is 0.679. The Morgan fingerprint density at radius 1 is 1.38 bits per heavy atom. The van der Waals surface area contributed by atoms with Gasteiger partial charge in [-0.3, -0.25) is 4.90 Å². The van der Waals surface area contributed by atoms with Crippen molar-refractivity contribution in [3.05, 3.63) is 12.2 Å². The molecule has 3 heteroatoms. The molecule has 0 aromatic heterocycles. The summed E-state index contributed by atoms with van der Waals surface area (Å²) < 4.78 is 4.93. The third-order valence-electron chi connectivity index (χ3n) is 1.62. The molecule has 0 aromatic rings. The molecular formula is C10H21NO2. The second kappa shape index (κ2) is 7.80. The molecule has 0 atom stereocenters. The molecule has 3 nitrogen and oxygen atoms in total. The van der Waals surface area contributed by atoms with Crippen molar-refractivity contribution in [1.82, 2.24) is 4.90 Å². The van der Waals surface area contributed by atoms with Gasteiger partial charge in [0.05, 0.1) is 0 Å². The smallest absolute Gasteiger partial charge is 0.334 e. The van der Waals surface area contributed by atoms with E-state index in [1.54, 1.807) is 6.92 Å². The summed E-state index contributed by atoms with van der Waals surface area (Å²) in [6.45, 7) is 11.3. The summed E-state index contributed by atoms with van der Waals surface area (Å²) in [5, 5.41) is 0. The molecule has 0 spiro atoms. The first-order chi connectivity index (χ1) is 5.61. The Morgan fingerprint density at radius 2 is 1.85 bits per heavy atom. The number of carbonyl (C=O) groups excluding carboxylic acids is 1. The Bertz CT molecular complexity index is 162. The van der Waals surface area contributed by atoms with Crippen LogP contribution in [0.5, 0.6) is 0 Å². The van der Waals surface area contributed by atoms with Crippen molar-refractivity contribution in [3.8, 4) is 0 Å². The normalized spacial score (nSPS) is 9.23. The molecular weight excluding hydrogens is 166 g/mol. The van der Waals surface area contributed by atoms with Crippen molar-refractivity contribution in [2.75, 3.05) is 19.8 Å². The third-order valence-corrected chi connectivity index (χ3v) is 1.62. The molecule has 0 aliphatic carbocycles. The van der Waals surface area contributed by atoms with Gasteiger partial charge in [-0.1, -0.05) is 27.9 Å². The maximum absolute atomic E-state index is 10.9. The van der Waals surface area contributed by atoms with Crippen LogP contribution in [0.15, 0.2) is 12.2 Å². The van der Waals surface area contributed by atoms with Gasteiger partial charge < -0.3 is 4.74 Å². The van der Waals surface area contributed by atoms with E-state index in [1.165, 1.54) is 0 Å². The molecule has 78 valence electrons. The lowest BCUT2D eigenvalue weighted by Crippen LogP contribution is -2.27. The number of hydrogen-bond acceptors (Lipinski definition) is 3. The van der Waals surface area contributed by atoms with Crippen LogP contribution in [0, 0.1) is 0 Å². The zero-order valence-electron chi connectivity index (χ0n) is 8.09. The van der Waals surface area contributed by atoms with Crippen LogP contribution in [0.1, 0.15) is 28.2 Å². The molecule has 0 N–H and O–H groups in total. The Kier molecular flexibility index (Phi) is 8.81. The van der Waals surface area contributed by atoms with Crippen LogP contribution in [0.4, 0.5) is 0 Å². The zero-order chi connectivity index (χ0) is 9.56. The topological polar surface area (TPSA) is 29.5 Å². The van der Waals surface area contributed by atoms with Crippen LogP contribution in [0.3, 0.4) is 0 Å². The van der Waals surface area contributed by atoms with E-state index in [4.69, 9.17) is 4.74 Å². The van der Waals surface area contributed by atoms with Crippen molar-refractivity contribution in [2.45, 2.75) is 28.2 Å². The van der Waals surface area contributed by atoms with Crippen molar-refractivity contribution in [2.24, 2.45) is 0 Å². The lowest BCUT2D eigenvalue weighted by Gasteiger charge is -2.17. The summed E-state index contributed by atoms with van der Waals surface area (Å²) in [5.41, 5.74) is 0.446. The van der Waals surface area contributed by atoms with Gasteiger partial charge in [-0.15, -0.1) is 0 Å². The van der Waals surface area contributed by atoms with Gasteiger partial charge in [-0.25, -0.2) is 4.79 Å². The predicted molar refractivity (Wildman–Crippen MR) is 55.4 cm³/mol. The molecule has 0 heterocycles. The fraction of sp³-hybridized carbons (Fsp3) is 0.700. The summed E-state index contributed by atoms with van der Waals surface area (Å²) in [7, 11) is 0. The van der Waals surface area contributed by atoms with Gasteiger partial charge in [-0.05, 0) is 20.0 Å². The fourth-order valence-corrected chi connectivity index (χ4v) is 0.679. The number of nitrogens with zero attached hydrogens (tertiary/aromatic N) is 1. The Balaban J connectivity index is 0. The second-order valence-corrected chi connectivity index (χ2v) is 2.64. The summed E-state index contributed by atoms with van der Waals surface area (Å²) in [6, 6.07) is 0. The molecule has 0 amide bonds. The molecule has 0 rings (SSSR count). The lowest BCUT2D eigenvalue weighted by molar-refractivity contribution is -0.143. The molecule has 0 radical (unpaired) electrons. The van der Waals surface area contributed by atoms with E-state index in [1.807, 2.05) is 18.7 Å². The SMILES string of the molecule is C.C=C(C)C(=O)OCN(CC)CC. The Morgan fingerprint density at radius 3 is 2.15 bits per heavy atom. The van der Waals surface area contributed by atoms with E-state index in [0.29, 0.717) is 12.3 Å². The van der Waals surface area contributed by atoms with Gasteiger partial charge >= 0.3 is 5.97 Å². The van der Waals surface area contributed by atoms with Gasteiger partial charge in [0.2, 0.25) is 0 Å². The molecule has 0 saturated carbocycles. The van der Waals surface area contributed by atoms with Crippen LogP contribution in [0.25, 0.3) is 0 Å². The highest BCUT2D eigenvalue weighted by Gasteiger charge is 2.05. The van der Waals surface area contributed by atoms with E-state index in [-0.39, 0.29) is 13.4 Å². The average Bonchev–Trinajstić information content (AvgIpc) is 2.05. The number of esters is 1. The minimum Gasteiger partial charge on any atom is -0.446 e. The van der Waals surface area contributed by atoms with Crippen LogP contribution in [-0.2, 0) is 9.53 Å². The molecule has 0 saturated heterocycles. The molecule has 0 aliphatic heterocycles. The van der Waals surface area contributed by atoms with Gasteiger partial charge in [0.15, 0.2) is 0 Å². The standard InChI is InChI=1S/C9H17NO2.CH4/c1-5-10(6-2)7-12-9(11)8(3)4;/h3,5-7H2,1-2,4H3;1H4. The van der Waals surface area contributed by atoms with Gasteiger partial charge in [0.25, 0.3) is 0 Å². The first-order valence-electron chi connectivity index (χ1n) is 4.16. The first-order valence-corrected chi connectivity index (χ1v) is 4.16. The largest absolute Gasteiger partial charge is 0.446 e. The zero-order valence-corrected chi connectivity index (χ0v) is 8.09. The van der Waals surface area contributed by atoms with Crippen molar-refractivity contribution in [1.29, 1.82) is 0 Å². The molecule has 0 unspecified atom stereocenters. The van der Waals surface area contributed by atoms with Crippen LogP contribution >= 0.6 is 0 Å². The van der Waals surface area contributed by atoms with Crippen LogP contribution in [-0.4, -0.2) is 30.7 Å². The molecule has 0 fully saturated rings. The minimum atomic E-state index is -0.318.